The third-order valence-electron chi connectivity index (χ3n) is 5.90. The molecule has 0 amide bonds. The van der Waals surface area contributed by atoms with E-state index in [1.807, 2.05) is 48.5 Å². The Labute approximate surface area is 187 Å². The molecule has 0 spiro atoms. The number of para-hydroxylation sites is 1. The molecule has 2 atom stereocenters. The van der Waals surface area contributed by atoms with Crippen molar-refractivity contribution in [2.75, 3.05) is 0 Å². The van der Waals surface area contributed by atoms with Gasteiger partial charge in [-0.05, 0) is 42.0 Å². The maximum absolute atomic E-state index is 13.8. The highest BCUT2D eigenvalue weighted by Crippen LogP contribution is 2.47. The Balaban J connectivity index is 1.50. The van der Waals surface area contributed by atoms with Gasteiger partial charge >= 0.3 is 0 Å². The standard InChI is InChI=1S/C25H16ClFN2O3/c26-15-7-5-14(6-8-15)20-12-21-17-3-1-2-4-23(17)32-25(29(21)28-20)19-13-31-22-10-9-16(27)11-18(22)24(19)30/h1-11,13,21,25H,12H2/t21-,25+/m0/s1. The first kappa shape index (κ1) is 19.1. The van der Waals surface area contributed by atoms with E-state index in [0.717, 1.165) is 16.8 Å². The molecular formula is C25H16ClFN2O3. The summed E-state index contributed by atoms with van der Waals surface area (Å²) in [5.74, 6) is 0.184. The Morgan fingerprint density at radius 2 is 1.84 bits per heavy atom. The van der Waals surface area contributed by atoms with Gasteiger partial charge in [-0.25, -0.2) is 9.40 Å². The molecule has 158 valence electrons. The van der Waals surface area contributed by atoms with Crippen LogP contribution in [0.5, 0.6) is 5.75 Å². The number of hydrazone groups is 1. The van der Waals surface area contributed by atoms with Gasteiger partial charge in [0.25, 0.3) is 0 Å². The molecule has 0 unspecified atom stereocenters. The summed E-state index contributed by atoms with van der Waals surface area (Å²) in [5.41, 5.74) is 3.06. The summed E-state index contributed by atoms with van der Waals surface area (Å²) in [6.45, 7) is 0. The number of nitrogens with zero attached hydrogens (tertiary/aromatic N) is 2. The molecule has 0 saturated carbocycles. The fourth-order valence-corrected chi connectivity index (χ4v) is 4.47. The Morgan fingerprint density at radius 3 is 2.69 bits per heavy atom. The van der Waals surface area contributed by atoms with Gasteiger partial charge in [0.15, 0.2) is 0 Å². The second-order valence-corrected chi connectivity index (χ2v) is 8.26. The van der Waals surface area contributed by atoms with Crippen LogP contribution in [-0.2, 0) is 0 Å². The van der Waals surface area contributed by atoms with Crippen LogP contribution < -0.4 is 10.2 Å². The van der Waals surface area contributed by atoms with Crippen LogP contribution in [0.2, 0.25) is 5.02 Å². The van der Waals surface area contributed by atoms with Crippen LogP contribution in [0.1, 0.15) is 35.4 Å². The van der Waals surface area contributed by atoms with Gasteiger partial charge in [-0.3, -0.25) is 4.79 Å². The van der Waals surface area contributed by atoms with E-state index in [2.05, 4.69) is 0 Å². The van der Waals surface area contributed by atoms with E-state index >= 15 is 0 Å². The fraction of sp³-hybridized carbons (Fsp3) is 0.120. The summed E-state index contributed by atoms with van der Waals surface area (Å²) in [6.07, 6.45) is 1.23. The van der Waals surface area contributed by atoms with E-state index in [1.165, 1.54) is 24.5 Å². The lowest BCUT2D eigenvalue weighted by molar-refractivity contribution is -0.0205. The van der Waals surface area contributed by atoms with Crippen molar-refractivity contribution in [3.8, 4) is 5.75 Å². The smallest absolute Gasteiger partial charge is 0.220 e. The zero-order chi connectivity index (χ0) is 21.8. The predicted molar refractivity (Wildman–Crippen MR) is 119 cm³/mol. The highest BCUT2D eigenvalue weighted by atomic mass is 35.5. The van der Waals surface area contributed by atoms with Crippen LogP contribution in [0.25, 0.3) is 11.0 Å². The first-order chi connectivity index (χ1) is 15.6. The van der Waals surface area contributed by atoms with E-state index in [-0.39, 0.29) is 22.4 Å². The second-order valence-electron chi connectivity index (χ2n) is 7.82. The lowest BCUT2D eigenvalue weighted by Gasteiger charge is -2.37. The Morgan fingerprint density at radius 1 is 1.03 bits per heavy atom. The van der Waals surface area contributed by atoms with Crippen molar-refractivity contribution in [2.24, 2.45) is 5.10 Å². The van der Waals surface area contributed by atoms with E-state index < -0.39 is 12.0 Å². The summed E-state index contributed by atoms with van der Waals surface area (Å²) >= 11 is 6.04. The molecule has 0 bridgehead atoms. The molecule has 2 aliphatic rings. The summed E-state index contributed by atoms with van der Waals surface area (Å²) in [7, 11) is 0. The molecule has 5 nitrogen and oxygen atoms in total. The van der Waals surface area contributed by atoms with Crippen molar-refractivity contribution in [2.45, 2.75) is 18.7 Å². The average Bonchev–Trinajstić information content (AvgIpc) is 3.26. The van der Waals surface area contributed by atoms with Crippen molar-refractivity contribution < 1.29 is 13.5 Å². The van der Waals surface area contributed by atoms with Crippen molar-refractivity contribution in [1.29, 1.82) is 0 Å². The molecule has 4 aromatic rings. The Bertz CT molecular complexity index is 1450. The third-order valence-corrected chi connectivity index (χ3v) is 6.16. The molecule has 0 N–H and O–H groups in total. The molecule has 0 aliphatic carbocycles. The molecule has 0 saturated heterocycles. The van der Waals surface area contributed by atoms with Gasteiger partial charge in [0, 0.05) is 17.0 Å². The van der Waals surface area contributed by atoms with Crippen molar-refractivity contribution >= 4 is 28.3 Å². The predicted octanol–water partition coefficient (Wildman–Crippen LogP) is 5.83. The van der Waals surface area contributed by atoms with E-state index in [1.54, 1.807) is 5.01 Å². The van der Waals surface area contributed by atoms with Crippen LogP contribution in [0.15, 0.2) is 87.3 Å². The molecule has 7 heteroatoms. The SMILES string of the molecule is O=c1c([C@H]2Oc3ccccc3[C@@H]3CC(c4ccc(Cl)cc4)=NN23)coc2ccc(F)cc12. The lowest BCUT2D eigenvalue weighted by Crippen LogP contribution is -2.36. The minimum atomic E-state index is -0.802. The van der Waals surface area contributed by atoms with Gasteiger partial charge in [-0.2, -0.15) is 5.10 Å². The molecule has 0 radical (unpaired) electrons. The van der Waals surface area contributed by atoms with E-state index in [9.17, 15) is 9.18 Å². The molecule has 0 fully saturated rings. The molecule has 1 aromatic heterocycles. The van der Waals surface area contributed by atoms with Gasteiger partial charge in [-0.15, -0.1) is 0 Å². The van der Waals surface area contributed by atoms with E-state index in [0.29, 0.717) is 22.8 Å². The minimum absolute atomic E-state index is 0.113. The Hall–Kier alpha value is -3.64. The van der Waals surface area contributed by atoms with Crippen LogP contribution in [0.4, 0.5) is 4.39 Å². The number of halogens is 2. The fourth-order valence-electron chi connectivity index (χ4n) is 4.34. The lowest BCUT2D eigenvalue weighted by atomic mass is 9.96. The second kappa shape index (κ2) is 7.21. The van der Waals surface area contributed by atoms with Crippen LogP contribution in [-0.4, -0.2) is 10.7 Å². The quantitative estimate of drug-likeness (QED) is 0.389. The number of ether oxygens (including phenoxy) is 1. The van der Waals surface area contributed by atoms with Crippen molar-refractivity contribution in [1.82, 2.24) is 5.01 Å². The van der Waals surface area contributed by atoms with Gasteiger partial charge in [-0.1, -0.05) is 41.9 Å². The summed E-state index contributed by atoms with van der Waals surface area (Å²) in [4.78, 5) is 13.3. The average molecular weight is 447 g/mol. The molecular weight excluding hydrogens is 431 g/mol. The zero-order valence-corrected chi connectivity index (χ0v) is 17.4. The number of hydrogen-bond donors (Lipinski definition) is 0. The molecule has 32 heavy (non-hydrogen) atoms. The number of benzene rings is 3. The van der Waals surface area contributed by atoms with Crippen LogP contribution >= 0.6 is 11.6 Å². The van der Waals surface area contributed by atoms with Crippen LogP contribution in [0.3, 0.4) is 0 Å². The number of rotatable bonds is 2. The number of hydrogen-bond acceptors (Lipinski definition) is 5. The summed E-state index contributed by atoms with van der Waals surface area (Å²) < 4.78 is 25.7. The van der Waals surface area contributed by atoms with Gasteiger partial charge in [0.05, 0.1) is 22.7 Å². The Kier molecular flexibility index (Phi) is 4.30. The largest absolute Gasteiger partial charge is 0.464 e. The maximum Gasteiger partial charge on any atom is 0.220 e. The molecule has 2 aliphatic heterocycles. The third kappa shape index (κ3) is 2.99. The molecule has 3 aromatic carbocycles. The topological polar surface area (TPSA) is 55.0 Å². The summed E-state index contributed by atoms with van der Waals surface area (Å²) in [6, 6.07) is 19.0. The van der Waals surface area contributed by atoms with E-state index in [4.69, 9.17) is 25.9 Å². The van der Waals surface area contributed by atoms with Gasteiger partial charge < -0.3 is 9.15 Å². The first-order valence-electron chi connectivity index (χ1n) is 10.2. The van der Waals surface area contributed by atoms with Gasteiger partial charge in [0.2, 0.25) is 11.7 Å². The maximum atomic E-state index is 13.8. The zero-order valence-electron chi connectivity index (χ0n) is 16.7. The highest BCUT2D eigenvalue weighted by molar-refractivity contribution is 6.30. The van der Waals surface area contributed by atoms with Crippen LogP contribution in [0, 0.1) is 5.82 Å². The highest BCUT2D eigenvalue weighted by Gasteiger charge is 2.42. The number of fused-ring (bicyclic) bond motifs is 4. The first-order valence-corrected chi connectivity index (χ1v) is 10.5. The van der Waals surface area contributed by atoms with Gasteiger partial charge in [0.1, 0.15) is 23.4 Å². The normalized spacial score (nSPS) is 19.3. The minimum Gasteiger partial charge on any atom is -0.464 e. The monoisotopic (exact) mass is 446 g/mol. The molecule has 6 rings (SSSR count). The molecule has 3 heterocycles. The van der Waals surface area contributed by atoms with Crippen molar-refractivity contribution in [3.63, 3.8) is 0 Å². The summed E-state index contributed by atoms with van der Waals surface area (Å²) in [5, 5.41) is 7.45. The van der Waals surface area contributed by atoms with Crippen molar-refractivity contribution in [3.05, 3.63) is 111 Å².